The maximum absolute atomic E-state index is 9.21. The van der Waals surface area contributed by atoms with Crippen molar-refractivity contribution in [1.82, 2.24) is 4.90 Å². The Bertz CT molecular complexity index is 653. The average Bonchev–Trinajstić information content (AvgIpc) is 2.91. The number of thiophene rings is 1. The molecule has 0 amide bonds. The van der Waals surface area contributed by atoms with Crippen LogP contribution in [0.4, 0.5) is 0 Å². The van der Waals surface area contributed by atoms with E-state index >= 15 is 0 Å². The van der Waals surface area contributed by atoms with Crippen LogP contribution in [-0.4, -0.2) is 24.0 Å². The standard InChI is InChI=1S/C17H20N2S/c1-3-19-8-7-13(9-12(19)2)17-10-15-14(11-18)5-4-6-16(15)20-17/h4-6,10,12-13H,3,7-9H2,1-2H3. The van der Waals surface area contributed by atoms with Crippen molar-refractivity contribution in [1.29, 1.82) is 5.26 Å². The molecule has 3 heteroatoms. The van der Waals surface area contributed by atoms with Crippen molar-refractivity contribution in [2.24, 2.45) is 0 Å². The van der Waals surface area contributed by atoms with Gasteiger partial charge in [0.05, 0.1) is 11.6 Å². The Labute approximate surface area is 124 Å². The van der Waals surface area contributed by atoms with E-state index in [1.807, 2.05) is 23.5 Å². The van der Waals surface area contributed by atoms with Gasteiger partial charge in [-0.3, -0.25) is 0 Å². The smallest absolute Gasteiger partial charge is 0.0998 e. The summed E-state index contributed by atoms with van der Waals surface area (Å²) < 4.78 is 1.25. The largest absolute Gasteiger partial charge is 0.301 e. The summed E-state index contributed by atoms with van der Waals surface area (Å²) in [5.74, 6) is 0.664. The van der Waals surface area contributed by atoms with Gasteiger partial charge in [-0.2, -0.15) is 5.26 Å². The quantitative estimate of drug-likeness (QED) is 0.819. The van der Waals surface area contributed by atoms with Gasteiger partial charge in [0, 0.05) is 21.0 Å². The van der Waals surface area contributed by atoms with Gasteiger partial charge in [-0.15, -0.1) is 11.3 Å². The van der Waals surface area contributed by atoms with E-state index < -0.39 is 0 Å². The second-order valence-corrected chi connectivity index (χ2v) is 6.79. The molecule has 1 aliphatic heterocycles. The summed E-state index contributed by atoms with van der Waals surface area (Å²) in [7, 11) is 0. The number of benzene rings is 1. The molecule has 1 saturated heterocycles. The third-order valence-electron chi connectivity index (χ3n) is 4.52. The molecule has 2 heterocycles. The number of rotatable bonds is 2. The SMILES string of the molecule is CCN1CCC(c2cc3c(C#N)cccc3s2)CC1C. The number of hydrogen-bond acceptors (Lipinski definition) is 3. The molecular formula is C17H20N2S. The predicted molar refractivity (Wildman–Crippen MR) is 85.2 cm³/mol. The zero-order valence-electron chi connectivity index (χ0n) is 12.1. The third-order valence-corrected chi connectivity index (χ3v) is 5.79. The van der Waals surface area contributed by atoms with Crippen LogP contribution < -0.4 is 0 Å². The molecule has 0 saturated carbocycles. The summed E-state index contributed by atoms with van der Waals surface area (Å²) in [6.45, 7) is 6.93. The Kier molecular flexibility index (Phi) is 3.78. The van der Waals surface area contributed by atoms with Crippen LogP contribution in [0.25, 0.3) is 10.1 Å². The molecular weight excluding hydrogens is 264 g/mol. The fraction of sp³-hybridized carbons (Fsp3) is 0.471. The van der Waals surface area contributed by atoms with E-state index in [9.17, 15) is 5.26 Å². The molecule has 104 valence electrons. The van der Waals surface area contributed by atoms with Crippen LogP contribution in [0.15, 0.2) is 24.3 Å². The van der Waals surface area contributed by atoms with Crippen LogP contribution in [0.5, 0.6) is 0 Å². The molecule has 1 aliphatic rings. The molecule has 2 aromatic rings. The second-order valence-electron chi connectivity index (χ2n) is 5.68. The lowest BCUT2D eigenvalue weighted by Gasteiger charge is -2.36. The van der Waals surface area contributed by atoms with Crippen LogP contribution in [0, 0.1) is 11.3 Å². The molecule has 1 aromatic heterocycles. The summed E-state index contributed by atoms with van der Waals surface area (Å²) in [4.78, 5) is 4.02. The van der Waals surface area contributed by atoms with E-state index in [4.69, 9.17) is 0 Å². The minimum Gasteiger partial charge on any atom is -0.301 e. The Morgan fingerprint density at radius 3 is 3.00 bits per heavy atom. The van der Waals surface area contributed by atoms with Crippen molar-refractivity contribution >= 4 is 21.4 Å². The summed E-state index contributed by atoms with van der Waals surface area (Å²) >= 11 is 1.87. The van der Waals surface area contributed by atoms with E-state index in [2.05, 4.69) is 36.9 Å². The fourth-order valence-corrected chi connectivity index (χ4v) is 4.57. The van der Waals surface area contributed by atoms with Crippen LogP contribution >= 0.6 is 11.3 Å². The molecule has 20 heavy (non-hydrogen) atoms. The summed E-state index contributed by atoms with van der Waals surface area (Å²) in [6, 6.07) is 11.3. The highest BCUT2D eigenvalue weighted by atomic mass is 32.1. The highest BCUT2D eigenvalue weighted by molar-refractivity contribution is 7.19. The van der Waals surface area contributed by atoms with Gasteiger partial charge >= 0.3 is 0 Å². The Balaban J connectivity index is 1.90. The van der Waals surface area contributed by atoms with Crippen molar-refractivity contribution in [2.75, 3.05) is 13.1 Å². The van der Waals surface area contributed by atoms with Gasteiger partial charge in [-0.25, -0.2) is 0 Å². The van der Waals surface area contributed by atoms with Crippen LogP contribution in [-0.2, 0) is 0 Å². The zero-order chi connectivity index (χ0) is 14.1. The van der Waals surface area contributed by atoms with Gasteiger partial charge in [-0.05, 0) is 57.0 Å². The minimum absolute atomic E-state index is 0.664. The Morgan fingerprint density at radius 1 is 1.45 bits per heavy atom. The first-order chi connectivity index (χ1) is 9.72. The van der Waals surface area contributed by atoms with Crippen molar-refractivity contribution < 1.29 is 0 Å². The number of fused-ring (bicyclic) bond motifs is 1. The first-order valence-electron chi connectivity index (χ1n) is 7.39. The minimum atomic E-state index is 0.664. The maximum atomic E-state index is 9.21. The number of hydrogen-bond donors (Lipinski definition) is 0. The number of nitriles is 1. The maximum Gasteiger partial charge on any atom is 0.0998 e. The summed E-state index contributed by atoms with van der Waals surface area (Å²) in [6.07, 6.45) is 2.48. The predicted octanol–water partition coefficient (Wildman–Crippen LogP) is 4.36. The molecule has 0 spiro atoms. The zero-order valence-corrected chi connectivity index (χ0v) is 12.9. The second kappa shape index (κ2) is 5.55. The molecule has 1 aromatic carbocycles. The molecule has 1 fully saturated rings. The molecule has 2 unspecified atom stereocenters. The monoisotopic (exact) mass is 284 g/mol. The van der Waals surface area contributed by atoms with Crippen molar-refractivity contribution in [3.63, 3.8) is 0 Å². The van der Waals surface area contributed by atoms with Crippen molar-refractivity contribution in [3.8, 4) is 6.07 Å². The van der Waals surface area contributed by atoms with E-state index in [0.29, 0.717) is 12.0 Å². The number of nitrogens with zero attached hydrogens (tertiary/aromatic N) is 2. The first kappa shape index (κ1) is 13.6. The van der Waals surface area contributed by atoms with E-state index in [-0.39, 0.29) is 0 Å². The molecule has 3 rings (SSSR count). The van der Waals surface area contributed by atoms with E-state index in [1.54, 1.807) is 0 Å². The van der Waals surface area contributed by atoms with Gasteiger partial charge in [0.2, 0.25) is 0 Å². The summed E-state index contributed by atoms with van der Waals surface area (Å²) in [5, 5.41) is 10.4. The molecule has 0 bridgehead atoms. The topological polar surface area (TPSA) is 27.0 Å². The Morgan fingerprint density at radius 2 is 2.30 bits per heavy atom. The van der Waals surface area contributed by atoms with Gasteiger partial charge < -0.3 is 4.90 Å². The van der Waals surface area contributed by atoms with E-state index in [0.717, 1.165) is 17.5 Å². The van der Waals surface area contributed by atoms with Crippen molar-refractivity contribution in [3.05, 3.63) is 34.7 Å². The molecule has 0 N–H and O–H groups in total. The molecule has 2 nitrogen and oxygen atoms in total. The van der Waals surface area contributed by atoms with E-state index in [1.165, 1.54) is 29.0 Å². The normalized spacial score (nSPS) is 23.9. The van der Waals surface area contributed by atoms with Gasteiger partial charge in [0.1, 0.15) is 0 Å². The number of likely N-dealkylation sites (tertiary alicyclic amines) is 1. The van der Waals surface area contributed by atoms with Crippen LogP contribution in [0.3, 0.4) is 0 Å². The first-order valence-corrected chi connectivity index (χ1v) is 8.21. The van der Waals surface area contributed by atoms with Crippen LogP contribution in [0.1, 0.15) is 43.0 Å². The lowest BCUT2D eigenvalue weighted by molar-refractivity contribution is 0.155. The summed E-state index contributed by atoms with van der Waals surface area (Å²) in [5.41, 5.74) is 0.809. The highest BCUT2D eigenvalue weighted by Gasteiger charge is 2.26. The fourth-order valence-electron chi connectivity index (χ4n) is 3.33. The molecule has 0 radical (unpaired) electrons. The van der Waals surface area contributed by atoms with Gasteiger partial charge in [0.15, 0.2) is 0 Å². The van der Waals surface area contributed by atoms with Crippen molar-refractivity contribution in [2.45, 2.75) is 38.6 Å². The molecule has 0 aliphatic carbocycles. The lowest BCUT2D eigenvalue weighted by atomic mass is 9.90. The van der Waals surface area contributed by atoms with Gasteiger partial charge in [0.25, 0.3) is 0 Å². The molecule has 2 atom stereocenters. The van der Waals surface area contributed by atoms with Gasteiger partial charge in [-0.1, -0.05) is 13.0 Å². The highest BCUT2D eigenvalue weighted by Crippen LogP contribution is 2.38. The van der Waals surface area contributed by atoms with Crippen LogP contribution in [0.2, 0.25) is 0 Å². The lowest BCUT2D eigenvalue weighted by Crippen LogP contribution is -2.39. The number of piperidine rings is 1. The third kappa shape index (κ3) is 2.34. The average molecular weight is 284 g/mol. The Hall–Kier alpha value is -1.37.